The quantitative estimate of drug-likeness (QED) is 0.731. The van der Waals surface area contributed by atoms with Crippen LogP contribution in [0.2, 0.25) is 0 Å². The predicted molar refractivity (Wildman–Crippen MR) is 95.1 cm³/mol. The molecule has 2 unspecified atom stereocenters. The number of anilines is 1. The van der Waals surface area contributed by atoms with Gasteiger partial charge in [-0.1, -0.05) is 47.7 Å². The van der Waals surface area contributed by atoms with Crippen LogP contribution in [0.4, 0.5) is 5.13 Å². The lowest BCUT2D eigenvalue weighted by Crippen LogP contribution is -2.42. The van der Waals surface area contributed by atoms with Crippen molar-refractivity contribution in [1.82, 2.24) is 15.2 Å². The minimum absolute atomic E-state index is 0.0529. The summed E-state index contributed by atoms with van der Waals surface area (Å²) in [6.45, 7) is 3.70. The van der Waals surface area contributed by atoms with E-state index in [1.807, 2.05) is 36.4 Å². The summed E-state index contributed by atoms with van der Waals surface area (Å²) in [7, 11) is 0. The normalized spacial score (nSPS) is 21.0. The van der Waals surface area contributed by atoms with Crippen molar-refractivity contribution in [2.24, 2.45) is 0 Å². The Labute approximate surface area is 145 Å². The Kier molecular flexibility index (Phi) is 4.23. The Morgan fingerprint density at radius 1 is 1.04 bits per heavy atom. The van der Waals surface area contributed by atoms with Gasteiger partial charge in [-0.15, -0.1) is 10.2 Å². The van der Waals surface area contributed by atoms with Crippen LogP contribution in [0.25, 0.3) is 10.7 Å². The molecule has 0 spiro atoms. The van der Waals surface area contributed by atoms with Crippen LogP contribution < -0.4 is 4.90 Å². The Bertz CT molecular complexity index is 793. The zero-order chi connectivity index (χ0) is 16.4. The third-order valence-corrected chi connectivity index (χ3v) is 5.01. The summed E-state index contributed by atoms with van der Waals surface area (Å²) < 4.78 is 6.12. The second kappa shape index (κ2) is 6.67. The first-order valence-corrected chi connectivity index (χ1v) is 8.81. The monoisotopic (exact) mass is 338 g/mol. The maximum atomic E-state index is 6.12. The van der Waals surface area contributed by atoms with Gasteiger partial charge in [0.2, 0.25) is 5.13 Å². The van der Waals surface area contributed by atoms with Gasteiger partial charge in [-0.25, -0.2) is 0 Å². The molecule has 1 saturated heterocycles. The Morgan fingerprint density at radius 3 is 2.67 bits per heavy atom. The van der Waals surface area contributed by atoms with E-state index in [0.29, 0.717) is 0 Å². The summed E-state index contributed by atoms with van der Waals surface area (Å²) in [5.74, 6) is 0. The third kappa shape index (κ3) is 3.16. The van der Waals surface area contributed by atoms with E-state index in [4.69, 9.17) is 4.74 Å². The highest BCUT2D eigenvalue weighted by molar-refractivity contribution is 7.18. The number of morpholine rings is 1. The van der Waals surface area contributed by atoms with Crippen LogP contribution >= 0.6 is 11.3 Å². The average Bonchev–Trinajstić information content (AvgIpc) is 3.13. The van der Waals surface area contributed by atoms with E-state index >= 15 is 0 Å². The van der Waals surface area contributed by atoms with Crippen LogP contribution in [0.1, 0.15) is 18.6 Å². The van der Waals surface area contributed by atoms with Gasteiger partial charge in [0.15, 0.2) is 5.01 Å². The smallest absolute Gasteiger partial charge is 0.208 e. The fraction of sp³-hybridized carbons (Fsp3) is 0.278. The van der Waals surface area contributed by atoms with Crippen molar-refractivity contribution in [2.75, 3.05) is 18.0 Å². The molecule has 0 saturated carbocycles. The van der Waals surface area contributed by atoms with Crippen LogP contribution in [0.5, 0.6) is 0 Å². The highest BCUT2D eigenvalue weighted by Gasteiger charge is 2.28. The summed E-state index contributed by atoms with van der Waals surface area (Å²) in [5.41, 5.74) is 2.06. The second-order valence-corrected chi connectivity index (χ2v) is 6.81. The van der Waals surface area contributed by atoms with E-state index in [0.717, 1.165) is 28.9 Å². The molecule has 0 amide bonds. The minimum Gasteiger partial charge on any atom is -0.367 e. The van der Waals surface area contributed by atoms with E-state index < -0.39 is 0 Å². The topological polar surface area (TPSA) is 51.1 Å². The minimum atomic E-state index is 0.0529. The van der Waals surface area contributed by atoms with Crippen molar-refractivity contribution in [2.45, 2.75) is 19.1 Å². The number of rotatable bonds is 3. The molecular formula is C18H18N4OS. The molecule has 1 fully saturated rings. The summed E-state index contributed by atoms with van der Waals surface area (Å²) in [6, 6.07) is 16.2. The van der Waals surface area contributed by atoms with E-state index in [-0.39, 0.29) is 12.2 Å². The lowest BCUT2D eigenvalue weighted by atomic mass is 10.1. The third-order valence-electron chi connectivity index (χ3n) is 4.00. The van der Waals surface area contributed by atoms with Crippen LogP contribution in [0.3, 0.4) is 0 Å². The lowest BCUT2D eigenvalue weighted by molar-refractivity contribution is -0.0174. The highest BCUT2D eigenvalue weighted by Crippen LogP contribution is 2.32. The van der Waals surface area contributed by atoms with Crippen LogP contribution in [-0.2, 0) is 4.74 Å². The first kappa shape index (κ1) is 15.2. The summed E-state index contributed by atoms with van der Waals surface area (Å²) in [4.78, 5) is 6.61. The summed E-state index contributed by atoms with van der Waals surface area (Å²) in [6.07, 6.45) is 1.97. The molecule has 4 rings (SSSR count). The molecule has 3 aromatic rings. The molecule has 2 aromatic heterocycles. The molecule has 3 heterocycles. The van der Waals surface area contributed by atoms with Crippen molar-refractivity contribution in [3.63, 3.8) is 0 Å². The van der Waals surface area contributed by atoms with E-state index in [9.17, 15) is 0 Å². The van der Waals surface area contributed by atoms with Gasteiger partial charge < -0.3 is 9.64 Å². The average molecular weight is 338 g/mol. The predicted octanol–water partition coefficient (Wildman–Crippen LogP) is 3.57. The number of benzene rings is 1. The number of nitrogens with zero attached hydrogens (tertiary/aromatic N) is 4. The van der Waals surface area contributed by atoms with Crippen LogP contribution in [0.15, 0.2) is 54.7 Å². The number of pyridine rings is 1. The maximum absolute atomic E-state index is 6.12. The zero-order valence-electron chi connectivity index (χ0n) is 13.4. The van der Waals surface area contributed by atoms with Crippen LogP contribution in [0, 0.1) is 0 Å². The van der Waals surface area contributed by atoms with E-state index in [1.165, 1.54) is 5.56 Å². The van der Waals surface area contributed by atoms with Gasteiger partial charge in [-0.2, -0.15) is 0 Å². The van der Waals surface area contributed by atoms with Gasteiger partial charge in [-0.3, -0.25) is 4.98 Å². The Hall–Kier alpha value is -2.31. The molecule has 5 nitrogen and oxygen atoms in total. The first-order chi connectivity index (χ1) is 11.8. The number of hydrogen-bond acceptors (Lipinski definition) is 6. The van der Waals surface area contributed by atoms with Gasteiger partial charge in [0.1, 0.15) is 11.8 Å². The molecule has 122 valence electrons. The number of aromatic nitrogens is 3. The van der Waals surface area contributed by atoms with Gasteiger partial charge in [-0.05, 0) is 24.6 Å². The molecule has 0 bridgehead atoms. The molecule has 2 atom stereocenters. The molecule has 1 aliphatic rings. The zero-order valence-corrected chi connectivity index (χ0v) is 14.2. The number of hydrogen-bond donors (Lipinski definition) is 0. The maximum Gasteiger partial charge on any atom is 0.208 e. The van der Waals surface area contributed by atoms with Gasteiger partial charge in [0.05, 0.1) is 12.6 Å². The molecule has 0 radical (unpaired) electrons. The van der Waals surface area contributed by atoms with Crippen molar-refractivity contribution in [3.8, 4) is 10.7 Å². The largest absolute Gasteiger partial charge is 0.367 e. The molecule has 0 N–H and O–H groups in total. The van der Waals surface area contributed by atoms with Crippen molar-refractivity contribution in [3.05, 3.63) is 60.3 Å². The fourth-order valence-corrected chi connectivity index (χ4v) is 3.74. The van der Waals surface area contributed by atoms with Gasteiger partial charge >= 0.3 is 0 Å². The lowest BCUT2D eigenvalue weighted by Gasteiger charge is -2.36. The Morgan fingerprint density at radius 2 is 1.88 bits per heavy atom. The molecule has 1 aliphatic heterocycles. The SMILES string of the molecule is CC1CN(c2nnc(-c3ccccn3)s2)CC(c2ccccc2)O1. The van der Waals surface area contributed by atoms with E-state index in [2.05, 4.69) is 39.1 Å². The second-order valence-electron chi connectivity index (χ2n) is 5.86. The number of ether oxygens (including phenoxy) is 1. The van der Waals surface area contributed by atoms with Crippen molar-refractivity contribution >= 4 is 16.5 Å². The summed E-state index contributed by atoms with van der Waals surface area (Å²) >= 11 is 1.58. The van der Waals surface area contributed by atoms with E-state index in [1.54, 1.807) is 17.5 Å². The fourth-order valence-electron chi connectivity index (χ4n) is 2.90. The van der Waals surface area contributed by atoms with Gasteiger partial charge in [0, 0.05) is 12.7 Å². The molecule has 1 aromatic carbocycles. The first-order valence-electron chi connectivity index (χ1n) is 8.00. The molecular weight excluding hydrogens is 320 g/mol. The molecule has 0 aliphatic carbocycles. The molecule has 24 heavy (non-hydrogen) atoms. The standard InChI is InChI=1S/C18H18N4OS/c1-13-11-22(12-16(23-13)14-7-3-2-4-8-14)18-21-20-17(24-18)15-9-5-6-10-19-15/h2-10,13,16H,11-12H2,1H3. The van der Waals surface area contributed by atoms with Crippen LogP contribution in [-0.4, -0.2) is 34.4 Å². The van der Waals surface area contributed by atoms with Crippen molar-refractivity contribution in [1.29, 1.82) is 0 Å². The Balaban J connectivity index is 1.56. The van der Waals surface area contributed by atoms with Gasteiger partial charge in [0.25, 0.3) is 0 Å². The molecule has 6 heteroatoms. The highest BCUT2D eigenvalue weighted by atomic mass is 32.1. The van der Waals surface area contributed by atoms with Crippen molar-refractivity contribution < 1.29 is 4.74 Å². The summed E-state index contributed by atoms with van der Waals surface area (Å²) in [5, 5.41) is 10.5.